The molecule has 0 aliphatic carbocycles. The Morgan fingerprint density at radius 1 is 1.14 bits per heavy atom. The minimum atomic E-state index is -3.68. The molecule has 1 amide bonds. The molecule has 0 unspecified atom stereocenters. The lowest BCUT2D eigenvalue weighted by Crippen LogP contribution is -2.51. The summed E-state index contributed by atoms with van der Waals surface area (Å²) in [6.07, 6.45) is 1.61. The molecule has 2 aromatic carbocycles. The molecule has 2 fully saturated rings. The van der Waals surface area contributed by atoms with Gasteiger partial charge in [-0.1, -0.05) is 42.5 Å². The predicted octanol–water partition coefficient (Wildman–Crippen LogP) is 5.41. The molecule has 9 heteroatoms. The van der Waals surface area contributed by atoms with Gasteiger partial charge in [-0.2, -0.15) is 4.31 Å². The summed E-state index contributed by atoms with van der Waals surface area (Å²) in [5, 5.41) is 2.32. The van der Waals surface area contributed by atoms with E-state index in [-0.39, 0.29) is 12.6 Å². The van der Waals surface area contributed by atoms with Crippen LogP contribution in [0.4, 0.5) is 9.18 Å². The average molecular weight is 533 g/mol. The lowest BCUT2D eigenvalue weighted by molar-refractivity contribution is 0.0156. The molecule has 0 radical (unpaired) electrons. The van der Waals surface area contributed by atoms with Crippen molar-refractivity contribution in [3.8, 4) is 0 Å². The highest BCUT2D eigenvalue weighted by Crippen LogP contribution is 2.39. The molecule has 2 heterocycles. The van der Waals surface area contributed by atoms with E-state index < -0.39 is 38.3 Å². The molecule has 2 aromatic rings. The zero-order valence-corrected chi connectivity index (χ0v) is 22.8. The first-order chi connectivity index (χ1) is 17.4. The second-order valence-electron chi connectivity index (χ2n) is 11.0. The number of halogens is 1. The Balaban J connectivity index is 1.59. The molecule has 1 N–H and O–H groups in total. The van der Waals surface area contributed by atoms with Crippen LogP contribution < -0.4 is 5.32 Å². The summed E-state index contributed by atoms with van der Waals surface area (Å²) in [5.41, 5.74) is 0.166. The number of sulfonamides is 1. The van der Waals surface area contributed by atoms with Crippen LogP contribution in [0.15, 0.2) is 48.5 Å². The molecular formula is C28H37FN2O5S. The van der Waals surface area contributed by atoms with Crippen molar-refractivity contribution in [2.24, 2.45) is 0 Å². The van der Waals surface area contributed by atoms with Gasteiger partial charge in [0, 0.05) is 31.4 Å². The second-order valence-corrected chi connectivity index (χ2v) is 13.1. The van der Waals surface area contributed by atoms with Crippen molar-refractivity contribution in [2.75, 3.05) is 13.2 Å². The highest BCUT2D eigenvalue weighted by Gasteiger charge is 2.41. The van der Waals surface area contributed by atoms with Gasteiger partial charge in [0.05, 0.1) is 5.54 Å². The van der Waals surface area contributed by atoms with Crippen molar-refractivity contribution < 1.29 is 27.1 Å². The Bertz CT molecular complexity index is 1210. The Kier molecular flexibility index (Phi) is 7.97. The summed E-state index contributed by atoms with van der Waals surface area (Å²) in [5.74, 6) is -0.501. The third kappa shape index (κ3) is 6.16. The van der Waals surface area contributed by atoms with Crippen LogP contribution in [-0.4, -0.2) is 43.7 Å². The molecule has 4 rings (SSSR count). The van der Waals surface area contributed by atoms with Gasteiger partial charge < -0.3 is 14.8 Å². The smallest absolute Gasteiger partial charge is 0.408 e. The molecule has 2 aliphatic heterocycles. The summed E-state index contributed by atoms with van der Waals surface area (Å²) < 4.78 is 55.1. The lowest BCUT2D eigenvalue weighted by atomic mass is 9.82. The standard InChI is InChI=1S/C28H37FN2O5S/c1-20-10-13-25(21-8-6-5-7-9-21)37(33,34)31(20)19-22-11-12-23(18-24(22)29)28(14-16-35-17-15-28)30-26(32)36-27(2,3)4/h5-9,11-12,18,20,25H,10,13-17,19H2,1-4H3,(H,30,32)/t20-,25+/m0/s1. The third-order valence-electron chi connectivity index (χ3n) is 7.21. The van der Waals surface area contributed by atoms with Crippen molar-refractivity contribution in [1.82, 2.24) is 9.62 Å². The number of carbonyl (C=O) groups is 1. The van der Waals surface area contributed by atoms with E-state index in [0.717, 1.165) is 5.56 Å². The molecule has 0 saturated carbocycles. The fourth-order valence-corrected chi connectivity index (χ4v) is 7.39. The lowest BCUT2D eigenvalue weighted by Gasteiger charge is -2.39. The number of benzene rings is 2. The first-order valence-electron chi connectivity index (χ1n) is 12.8. The topological polar surface area (TPSA) is 84.9 Å². The van der Waals surface area contributed by atoms with Crippen molar-refractivity contribution in [2.45, 2.75) is 82.4 Å². The Labute approximate surface area is 219 Å². The molecule has 202 valence electrons. The molecule has 0 bridgehead atoms. The monoisotopic (exact) mass is 532 g/mol. The SMILES string of the molecule is C[C@H]1CC[C@H](c2ccccc2)S(=O)(=O)N1Cc1ccc(C2(NC(=O)OC(C)(C)C)CCOCC2)cc1F. The van der Waals surface area contributed by atoms with Gasteiger partial charge in [-0.25, -0.2) is 17.6 Å². The van der Waals surface area contributed by atoms with Crippen LogP contribution in [0.25, 0.3) is 0 Å². The Morgan fingerprint density at radius 2 is 1.81 bits per heavy atom. The molecule has 37 heavy (non-hydrogen) atoms. The van der Waals surface area contributed by atoms with E-state index in [2.05, 4.69) is 5.32 Å². The highest BCUT2D eigenvalue weighted by atomic mass is 32.2. The fourth-order valence-electron chi connectivity index (χ4n) is 5.20. The molecule has 0 spiro atoms. The van der Waals surface area contributed by atoms with Gasteiger partial charge in [0.1, 0.15) is 16.7 Å². The van der Waals surface area contributed by atoms with Crippen LogP contribution >= 0.6 is 0 Å². The van der Waals surface area contributed by atoms with Gasteiger partial charge >= 0.3 is 6.09 Å². The quantitative estimate of drug-likeness (QED) is 0.557. The fraction of sp³-hybridized carbons (Fsp3) is 0.536. The van der Waals surface area contributed by atoms with Crippen molar-refractivity contribution in [3.63, 3.8) is 0 Å². The number of carbonyl (C=O) groups excluding carboxylic acids is 1. The number of nitrogens with one attached hydrogen (secondary N) is 1. The maximum atomic E-state index is 15.5. The largest absolute Gasteiger partial charge is 0.444 e. The molecular weight excluding hydrogens is 495 g/mol. The minimum absolute atomic E-state index is 0.0471. The van der Waals surface area contributed by atoms with E-state index in [9.17, 15) is 13.2 Å². The Morgan fingerprint density at radius 3 is 2.43 bits per heavy atom. The van der Waals surface area contributed by atoms with E-state index in [0.29, 0.717) is 50.0 Å². The second kappa shape index (κ2) is 10.7. The molecule has 2 aliphatic rings. The minimum Gasteiger partial charge on any atom is -0.444 e. The van der Waals surface area contributed by atoms with Gasteiger partial charge in [-0.15, -0.1) is 0 Å². The highest BCUT2D eigenvalue weighted by molar-refractivity contribution is 7.89. The summed E-state index contributed by atoms with van der Waals surface area (Å²) in [7, 11) is -3.68. The number of ether oxygens (including phenoxy) is 2. The van der Waals surface area contributed by atoms with Crippen molar-refractivity contribution in [1.29, 1.82) is 0 Å². The van der Waals surface area contributed by atoms with Crippen LogP contribution in [0.5, 0.6) is 0 Å². The summed E-state index contributed by atoms with van der Waals surface area (Å²) in [4.78, 5) is 12.6. The van der Waals surface area contributed by atoms with Gasteiger partial charge in [0.2, 0.25) is 10.0 Å². The van der Waals surface area contributed by atoms with Crippen molar-refractivity contribution in [3.05, 3.63) is 71.0 Å². The van der Waals surface area contributed by atoms with E-state index in [1.165, 1.54) is 10.4 Å². The molecule has 2 saturated heterocycles. The normalized spacial score (nSPS) is 23.8. The summed E-state index contributed by atoms with van der Waals surface area (Å²) in [6.45, 7) is 8.02. The molecule has 7 nitrogen and oxygen atoms in total. The van der Waals surface area contributed by atoms with Gasteiger partial charge in [-0.3, -0.25) is 0 Å². The van der Waals surface area contributed by atoms with Crippen LogP contribution in [0.1, 0.15) is 75.3 Å². The summed E-state index contributed by atoms with van der Waals surface area (Å²) in [6, 6.07) is 13.8. The van der Waals surface area contributed by atoms with E-state index in [1.807, 2.05) is 37.3 Å². The maximum Gasteiger partial charge on any atom is 0.408 e. The van der Waals surface area contributed by atoms with Crippen molar-refractivity contribution >= 4 is 16.1 Å². The third-order valence-corrected chi connectivity index (χ3v) is 9.58. The van der Waals surface area contributed by atoms with E-state index >= 15 is 4.39 Å². The number of alkyl carbamates (subject to hydrolysis) is 1. The van der Waals surface area contributed by atoms with Crippen LogP contribution in [0, 0.1) is 5.82 Å². The number of rotatable bonds is 5. The first-order valence-corrected chi connectivity index (χ1v) is 14.3. The number of hydrogen-bond acceptors (Lipinski definition) is 5. The van der Waals surface area contributed by atoms with E-state index in [1.54, 1.807) is 32.9 Å². The van der Waals surface area contributed by atoms with Crippen LogP contribution in [0.3, 0.4) is 0 Å². The first kappa shape index (κ1) is 27.5. The molecule has 2 atom stereocenters. The average Bonchev–Trinajstić information content (AvgIpc) is 2.82. The van der Waals surface area contributed by atoms with Gasteiger partial charge in [-0.05, 0) is 70.6 Å². The van der Waals surface area contributed by atoms with Gasteiger partial charge in [0.15, 0.2) is 0 Å². The number of hydrogen-bond donors (Lipinski definition) is 1. The zero-order chi connectivity index (χ0) is 26.8. The van der Waals surface area contributed by atoms with E-state index in [4.69, 9.17) is 9.47 Å². The summed E-state index contributed by atoms with van der Waals surface area (Å²) >= 11 is 0. The maximum absolute atomic E-state index is 15.5. The van der Waals surface area contributed by atoms with Gasteiger partial charge in [0.25, 0.3) is 0 Å². The molecule has 0 aromatic heterocycles. The van der Waals surface area contributed by atoms with Crippen LogP contribution in [-0.2, 0) is 31.6 Å². The Hall–Kier alpha value is -2.49. The predicted molar refractivity (Wildman–Crippen MR) is 140 cm³/mol. The number of nitrogens with zero attached hydrogens (tertiary/aromatic N) is 1. The van der Waals surface area contributed by atoms with Crippen LogP contribution in [0.2, 0.25) is 0 Å². The zero-order valence-electron chi connectivity index (χ0n) is 22.0. The number of amides is 1.